The van der Waals surface area contributed by atoms with Crippen LogP contribution in [0.1, 0.15) is 58.8 Å². The Morgan fingerprint density at radius 2 is 1.88 bits per heavy atom. The van der Waals surface area contributed by atoms with Crippen LogP contribution in [0.25, 0.3) is 0 Å². The minimum absolute atomic E-state index is 0.281. The second kappa shape index (κ2) is 8.08. The van der Waals surface area contributed by atoms with E-state index in [1.54, 1.807) is 0 Å². The predicted octanol–water partition coefficient (Wildman–Crippen LogP) is 2.95. The van der Waals surface area contributed by atoms with Crippen LogP contribution in [0.4, 0.5) is 0 Å². The van der Waals surface area contributed by atoms with Gasteiger partial charge in [0, 0.05) is 6.04 Å². The maximum Gasteiger partial charge on any atom is 0.0584 e. The zero-order valence-electron chi connectivity index (χ0n) is 11.0. The van der Waals surface area contributed by atoms with Crippen molar-refractivity contribution >= 4 is 0 Å². The van der Waals surface area contributed by atoms with E-state index in [-0.39, 0.29) is 6.61 Å². The van der Waals surface area contributed by atoms with Gasteiger partial charge >= 0.3 is 0 Å². The third-order valence-electron chi connectivity index (χ3n) is 3.69. The summed E-state index contributed by atoms with van der Waals surface area (Å²) < 4.78 is 0. The molecule has 1 aliphatic carbocycles. The summed E-state index contributed by atoms with van der Waals surface area (Å²) in [4.78, 5) is 0. The SMILES string of the molecule is CC(C)CC(CO)NCCC1CCCCC1. The number of rotatable bonds is 7. The molecule has 0 heterocycles. The summed E-state index contributed by atoms with van der Waals surface area (Å²) in [6, 6.07) is 0.309. The van der Waals surface area contributed by atoms with Gasteiger partial charge < -0.3 is 10.4 Å². The number of aliphatic hydroxyl groups excluding tert-OH is 1. The third kappa shape index (κ3) is 5.86. The minimum Gasteiger partial charge on any atom is -0.395 e. The first-order chi connectivity index (χ1) is 7.72. The molecule has 0 aromatic rings. The van der Waals surface area contributed by atoms with Gasteiger partial charge in [-0.3, -0.25) is 0 Å². The Morgan fingerprint density at radius 1 is 1.19 bits per heavy atom. The molecule has 1 aliphatic rings. The number of hydrogen-bond acceptors (Lipinski definition) is 2. The van der Waals surface area contributed by atoms with E-state index in [0.29, 0.717) is 12.0 Å². The summed E-state index contributed by atoms with van der Waals surface area (Å²) in [5.74, 6) is 1.61. The molecule has 1 atom stereocenters. The average molecular weight is 227 g/mol. The highest BCUT2D eigenvalue weighted by atomic mass is 16.3. The van der Waals surface area contributed by atoms with E-state index < -0.39 is 0 Å². The van der Waals surface area contributed by atoms with Gasteiger partial charge in [0.2, 0.25) is 0 Å². The fourth-order valence-electron chi connectivity index (χ4n) is 2.76. The summed E-state index contributed by atoms with van der Waals surface area (Å²) in [6.07, 6.45) is 9.54. The Kier molecular flexibility index (Phi) is 7.06. The molecule has 2 nitrogen and oxygen atoms in total. The minimum atomic E-state index is 0.281. The monoisotopic (exact) mass is 227 g/mol. The molecule has 0 radical (unpaired) electrons. The van der Waals surface area contributed by atoms with Crippen LogP contribution < -0.4 is 5.32 Å². The van der Waals surface area contributed by atoms with E-state index in [1.165, 1.54) is 38.5 Å². The first-order valence-electron chi connectivity index (χ1n) is 7.06. The molecule has 0 amide bonds. The molecule has 0 spiro atoms. The van der Waals surface area contributed by atoms with Crippen LogP contribution in [0.2, 0.25) is 0 Å². The van der Waals surface area contributed by atoms with Gasteiger partial charge in [-0.2, -0.15) is 0 Å². The standard InChI is InChI=1S/C14H29NO/c1-12(2)10-14(11-16)15-9-8-13-6-4-3-5-7-13/h12-16H,3-11H2,1-2H3. The van der Waals surface area contributed by atoms with Crippen molar-refractivity contribution in [2.45, 2.75) is 64.8 Å². The van der Waals surface area contributed by atoms with Gasteiger partial charge in [0.15, 0.2) is 0 Å². The summed E-state index contributed by atoms with van der Waals surface area (Å²) in [7, 11) is 0. The molecular weight excluding hydrogens is 198 g/mol. The molecule has 0 bridgehead atoms. The lowest BCUT2D eigenvalue weighted by Gasteiger charge is -2.23. The quantitative estimate of drug-likeness (QED) is 0.701. The number of nitrogens with one attached hydrogen (secondary N) is 1. The van der Waals surface area contributed by atoms with Gasteiger partial charge in [-0.05, 0) is 31.2 Å². The molecule has 1 saturated carbocycles. The lowest BCUT2D eigenvalue weighted by Crippen LogP contribution is -2.35. The molecule has 96 valence electrons. The van der Waals surface area contributed by atoms with Crippen molar-refractivity contribution in [2.24, 2.45) is 11.8 Å². The largest absolute Gasteiger partial charge is 0.395 e. The van der Waals surface area contributed by atoms with Crippen molar-refractivity contribution in [3.63, 3.8) is 0 Å². The van der Waals surface area contributed by atoms with Crippen molar-refractivity contribution in [3.05, 3.63) is 0 Å². The summed E-state index contributed by atoms with van der Waals surface area (Å²) >= 11 is 0. The van der Waals surface area contributed by atoms with Crippen molar-refractivity contribution in [2.75, 3.05) is 13.2 Å². The summed E-state index contributed by atoms with van der Waals surface area (Å²) in [5.41, 5.74) is 0. The van der Waals surface area contributed by atoms with Gasteiger partial charge in [-0.15, -0.1) is 0 Å². The maximum absolute atomic E-state index is 9.25. The molecule has 1 fully saturated rings. The van der Waals surface area contributed by atoms with Crippen molar-refractivity contribution < 1.29 is 5.11 Å². The highest BCUT2D eigenvalue weighted by Gasteiger charge is 2.14. The van der Waals surface area contributed by atoms with Crippen LogP contribution in [0, 0.1) is 11.8 Å². The van der Waals surface area contributed by atoms with E-state index in [9.17, 15) is 5.11 Å². The topological polar surface area (TPSA) is 32.3 Å². The van der Waals surface area contributed by atoms with Gasteiger partial charge in [-0.25, -0.2) is 0 Å². The molecule has 1 unspecified atom stereocenters. The molecule has 0 aromatic carbocycles. The third-order valence-corrected chi connectivity index (χ3v) is 3.69. The molecule has 1 rings (SSSR count). The second-order valence-electron chi connectivity index (χ2n) is 5.76. The van der Waals surface area contributed by atoms with Crippen LogP contribution in [-0.4, -0.2) is 24.3 Å². The van der Waals surface area contributed by atoms with Gasteiger partial charge in [0.05, 0.1) is 6.61 Å². The molecule has 16 heavy (non-hydrogen) atoms. The van der Waals surface area contributed by atoms with E-state index in [4.69, 9.17) is 0 Å². The summed E-state index contributed by atoms with van der Waals surface area (Å²) in [5, 5.41) is 12.7. The lowest BCUT2D eigenvalue weighted by atomic mass is 9.87. The summed E-state index contributed by atoms with van der Waals surface area (Å²) in [6.45, 7) is 5.79. The van der Waals surface area contributed by atoms with Gasteiger partial charge in [-0.1, -0.05) is 46.0 Å². The first-order valence-corrected chi connectivity index (χ1v) is 7.06. The number of aliphatic hydroxyl groups is 1. The van der Waals surface area contributed by atoms with Crippen molar-refractivity contribution in [1.29, 1.82) is 0 Å². The molecule has 0 aromatic heterocycles. The first kappa shape index (κ1) is 14.0. The molecule has 2 heteroatoms. The lowest BCUT2D eigenvalue weighted by molar-refractivity contribution is 0.219. The highest BCUT2D eigenvalue weighted by Crippen LogP contribution is 2.25. The zero-order valence-corrected chi connectivity index (χ0v) is 11.0. The molecule has 0 saturated heterocycles. The van der Waals surface area contributed by atoms with E-state index in [2.05, 4.69) is 19.2 Å². The van der Waals surface area contributed by atoms with Crippen molar-refractivity contribution in [1.82, 2.24) is 5.32 Å². The van der Waals surface area contributed by atoms with E-state index in [0.717, 1.165) is 18.9 Å². The Morgan fingerprint density at radius 3 is 2.44 bits per heavy atom. The average Bonchev–Trinajstić information content (AvgIpc) is 2.28. The van der Waals surface area contributed by atoms with Crippen LogP contribution in [0.5, 0.6) is 0 Å². The zero-order chi connectivity index (χ0) is 11.8. The van der Waals surface area contributed by atoms with E-state index in [1.807, 2.05) is 0 Å². The number of hydrogen-bond donors (Lipinski definition) is 2. The van der Waals surface area contributed by atoms with Gasteiger partial charge in [0.25, 0.3) is 0 Å². The van der Waals surface area contributed by atoms with Crippen LogP contribution >= 0.6 is 0 Å². The van der Waals surface area contributed by atoms with E-state index >= 15 is 0 Å². The maximum atomic E-state index is 9.25. The molecular formula is C14H29NO. The molecule has 2 N–H and O–H groups in total. The second-order valence-corrected chi connectivity index (χ2v) is 5.76. The predicted molar refractivity (Wildman–Crippen MR) is 69.5 cm³/mol. The van der Waals surface area contributed by atoms with Crippen LogP contribution in [-0.2, 0) is 0 Å². The smallest absolute Gasteiger partial charge is 0.0584 e. The fraction of sp³-hybridized carbons (Fsp3) is 1.00. The molecule has 0 aliphatic heterocycles. The van der Waals surface area contributed by atoms with Gasteiger partial charge in [0.1, 0.15) is 0 Å². The van der Waals surface area contributed by atoms with Crippen LogP contribution in [0.15, 0.2) is 0 Å². The Bertz CT molecular complexity index is 164. The normalized spacial score (nSPS) is 20.2. The van der Waals surface area contributed by atoms with Crippen molar-refractivity contribution in [3.8, 4) is 0 Å². The Hall–Kier alpha value is -0.0800. The Labute approximate surface area is 101 Å². The fourth-order valence-corrected chi connectivity index (χ4v) is 2.76. The highest BCUT2D eigenvalue weighted by molar-refractivity contribution is 4.71. The Balaban J connectivity index is 2.07. The van der Waals surface area contributed by atoms with Crippen LogP contribution in [0.3, 0.4) is 0 Å².